The van der Waals surface area contributed by atoms with E-state index in [1.807, 2.05) is 19.6 Å². The number of alkyl halides is 1. The molecule has 0 bridgehead atoms. The fourth-order valence-electron chi connectivity index (χ4n) is 2.14. The summed E-state index contributed by atoms with van der Waals surface area (Å²) in [6.07, 6.45) is 0.873. The van der Waals surface area contributed by atoms with E-state index in [0.29, 0.717) is 11.8 Å². The molecule has 142 valence electrons. The molecule has 0 radical (unpaired) electrons. The van der Waals surface area contributed by atoms with Gasteiger partial charge in [0.25, 0.3) is 0 Å². The topological polar surface area (TPSA) is 71.7 Å². The number of rotatable bonds is 7. The largest absolute Gasteiger partial charge is 0.538 e. The first-order valence-corrected chi connectivity index (χ1v) is 12.5. The highest BCUT2D eigenvalue weighted by atomic mass is 79.9. The van der Waals surface area contributed by atoms with Gasteiger partial charge in [-0.1, -0.05) is 15.9 Å². The molecule has 2 aromatic rings. The summed E-state index contributed by atoms with van der Waals surface area (Å²) >= 11 is 3.25. The Bertz CT molecular complexity index is 805. The normalized spacial score (nSPS) is 11.5. The Morgan fingerprint density at radius 3 is 2.58 bits per heavy atom. The number of anilines is 1. The van der Waals surface area contributed by atoms with Crippen molar-refractivity contribution < 1.29 is 27.5 Å². The van der Waals surface area contributed by atoms with E-state index in [9.17, 15) is 18.7 Å². The maximum Gasteiger partial charge on any atom is 0.245 e. The minimum Gasteiger partial charge on any atom is -0.538 e. The third-order valence-electron chi connectivity index (χ3n) is 3.22. The molecule has 9 heteroatoms. The number of hydrogen-bond donors (Lipinski definition) is 2. The average Bonchev–Trinajstić information content (AvgIpc) is 2.83. The second-order valence-corrected chi connectivity index (χ2v) is 11.8. The van der Waals surface area contributed by atoms with Crippen molar-refractivity contribution in [1.82, 2.24) is 0 Å². The minimum absolute atomic E-state index is 0.00362. The van der Waals surface area contributed by atoms with Crippen LogP contribution in [0, 0.1) is 11.6 Å². The van der Waals surface area contributed by atoms with Crippen molar-refractivity contribution >= 4 is 36.0 Å². The summed E-state index contributed by atoms with van der Waals surface area (Å²) in [4.78, 5) is 12.0. The molecule has 2 rings (SSSR count). The molecule has 1 heterocycles. The molecule has 0 saturated carbocycles. The zero-order valence-electron chi connectivity index (χ0n) is 14.7. The summed E-state index contributed by atoms with van der Waals surface area (Å²) in [5.74, 6) is -2.92. The van der Waals surface area contributed by atoms with Crippen LogP contribution in [-0.4, -0.2) is 24.7 Å². The predicted molar refractivity (Wildman–Crippen MR) is 101 cm³/mol. The van der Waals surface area contributed by atoms with Gasteiger partial charge >= 0.3 is 0 Å². The molecule has 26 heavy (non-hydrogen) atoms. The first kappa shape index (κ1) is 20.4. The SMILES string of the molecule is C[Si](C)(C)Oc1c(NC(=O)CCCBr)oc(-c2ccc(F)c(F)c2)c1O. The summed E-state index contributed by atoms with van der Waals surface area (Å²) in [6.45, 7) is 5.69. The van der Waals surface area contributed by atoms with Crippen molar-refractivity contribution in [2.45, 2.75) is 32.5 Å². The molecule has 0 aliphatic carbocycles. The smallest absolute Gasteiger partial charge is 0.245 e. The van der Waals surface area contributed by atoms with Gasteiger partial charge in [0.15, 0.2) is 17.4 Å². The molecular weight excluding hydrogens is 428 g/mol. The highest BCUT2D eigenvalue weighted by molar-refractivity contribution is 9.09. The van der Waals surface area contributed by atoms with Crippen LogP contribution in [0.5, 0.6) is 11.5 Å². The molecule has 1 amide bonds. The van der Waals surface area contributed by atoms with Gasteiger partial charge in [-0.05, 0) is 44.3 Å². The number of amides is 1. The van der Waals surface area contributed by atoms with E-state index < -0.39 is 20.0 Å². The van der Waals surface area contributed by atoms with Gasteiger partial charge in [-0.2, -0.15) is 0 Å². The van der Waals surface area contributed by atoms with Gasteiger partial charge in [0.05, 0.1) is 0 Å². The van der Waals surface area contributed by atoms with Gasteiger partial charge in [-0.15, -0.1) is 0 Å². The fourth-order valence-corrected chi connectivity index (χ4v) is 3.22. The molecule has 0 aliphatic rings. The number of furan rings is 1. The lowest BCUT2D eigenvalue weighted by Crippen LogP contribution is -2.29. The van der Waals surface area contributed by atoms with Gasteiger partial charge in [-0.25, -0.2) is 8.78 Å². The van der Waals surface area contributed by atoms with E-state index in [2.05, 4.69) is 21.2 Å². The van der Waals surface area contributed by atoms with Crippen molar-refractivity contribution in [2.24, 2.45) is 0 Å². The number of halogens is 3. The highest BCUT2D eigenvalue weighted by Crippen LogP contribution is 2.47. The van der Waals surface area contributed by atoms with E-state index in [1.165, 1.54) is 6.07 Å². The summed E-state index contributed by atoms with van der Waals surface area (Å²) in [7, 11) is -2.16. The second kappa shape index (κ2) is 8.21. The van der Waals surface area contributed by atoms with Gasteiger partial charge in [0.2, 0.25) is 31.6 Å². The number of nitrogens with one attached hydrogen (secondary N) is 1. The number of aromatic hydroxyl groups is 1. The number of hydrogen-bond acceptors (Lipinski definition) is 4. The third kappa shape index (κ3) is 5.07. The van der Waals surface area contributed by atoms with Crippen molar-refractivity contribution in [2.75, 3.05) is 10.6 Å². The Balaban J connectivity index is 2.45. The van der Waals surface area contributed by atoms with Crippen LogP contribution < -0.4 is 9.74 Å². The van der Waals surface area contributed by atoms with E-state index in [0.717, 1.165) is 12.1 Å². The van der Waals surface area contributed by atoms with Crippen LogP contribution in [0.1, 0.15) is 12.8 Å². The van der Waals surface area contributed by atoms with Crippen molar-refractivity contribution in [3.05, 3.63) is 29.8 Å². The third-order valence-corrected chi connectivity index (χ3v) is 4.60. The Morgan fingerprint density at radius 1 is 1.31 bits per heavy atom. The molecule has 0 unspecified atom stereocenters. The number of carbonyl (C=O) groups is 1. The van der Waals surface area contributed by atoms with Crippen LogP contribution in [0.25, 0.3) is 11.3 Å². The van der Waals surface area contributed by atoms with Crippen LogP contribution in [0.3, 0.4) is 0 Å². The molecule has 0 aliphatic heterocycles. The van der Waals surface area contributed by atoms with E-state index in [-0.39, 0.29) is 41.0 Å². The quantitative estimate of drug-likeness (QED) is 0.448. The molecule has 0 fully saturated rings. The average molecular weight is 448 g/mol. The number of carbonyl (C=O) groups excluding carboxylic acids is 1. The number of benzene rings is 1. The maximum atomic E-state index is 13.5. The first-order chi connectivity index (χ1) is 12.1. The lowest BCUT2D eigenvalue weighted by Gasteiger charge is -2.18. The van der Waals surface area contributed by atoms with Crippen LogP contribution >= 0.6 is 15.9 Å². The molecule has 0 saturated heterocycles. The Morgan fingerprint density at radius 2 is 2.00 bits per heavy atom. The lowest BCUT2D eigenvalue weighted by atomic mass is 10.1. The van der Waals surface area contributed by atoms with Crippen molar-refractivity contribution in [3.63, 3.8) is 0 Å². The summed E-state index contributed by atoms with van der Waals surface area (Å²) < 4.78 is 38.1. The molecule has 2 N–H and O–H groups in total. The molecule has 5 nitrogen and oxygen atoms in total. The zero-order valence-corrected chi connectivity index (χ0v) is 17.2. The monoisotopic (exact) mass is 447 g/mol. The van der Waals surface area contributed by atoms with Crippen LogP contribution in [0.2, 0.25) is 19.6 Å². The molecule has 0 spiro atoms. The first-order valence-electron chi connectivity index (χ1n) is 7.98. The van der Waals surface area contributed by atoms with Crippen LogP contribution in [-0.2, 0) is 4.79 Å². The Kier molecular flexibility index (Phi) is 6.46. The second-order valence-electron chi connectivity index (χ2n) is 6.62. The fraction of sp³-hybridized carbons (Fsp3) is 0.353. The minimum atomic E-state index is -2.16. The van der Waals surface area contributed by atoms with E-state index in [1.54, 1.807) is 0 Å². The van der Waals surface area contributed by atoms with E-state index >= 15 is 0 Å². The summed E-state index contributed by atoms with van der Waals surface area (Å²) in [5, 5.41) is 13.7. The predicted octanol–water partition coefficient (Wildman–Crippen LogP) is 5.26. The molecule has 1 aromatic carbocycles. The van der Waals surface area contributed by atoms with Crippen molar-refractivity contribution in [1.29, 1.82) is 0 Å². The van der Waals surface area contributed by atoms with E-state index in [4.69, 9.17) is 8.84 Å². The Labute approximate surface area is 159 Å². The lowest BCUT2D eigenvalue weighted by molar-refractivity contribution is -0.116. The molecule has 1 aromatic heterocycles. The highest BCUT2D eigenvalue weighted by Gasteiger charge is 2.29. The van der Waals surface area contributed by atoms with Crippen molar-refractivity contribution in [3.8, 4) is 22.8 Å². The standard InChI is InChI=1S/C17H20BrF2NO4Si/c1-26(2,3)25-16-14(23)15(10-6-7-11(19)12(20)9-10)24-17(16)21-13(22)5-4-8-18/h6-7,9,23H,4-5,8H2,1-3H3,(H,21,22). The summed E-state index contributed by atoms with van der Waals surface area (Å²) in [6, 6.07) is 3.11. The Hall–Kier alpha value is -1.87. The maximum absolute atomic E-state index is 13.5. The summed E-state index contributed by atoms with van der Waals surface area (Å²) in [5.41, 5.74) is 0.128. The van der Waals surface area contributed by atoms with Gasteiger partial charge in [0.1, 0.15) is 0 Å². The van der Waals surface area contributed by atoms with Gasteiger partial charge < -0.3 is 13.9 Å². The molecule has 0 atom stereocenters. The molecular formula is C17H20BrF2NO4Si. The van der Waals surface area contributed by atoms with Gasteiger partial charge in [-0.3, -0.25) is 10.1 Å². The zero-order chi connectivity index (χ0) is 19.5. The van der Waals surface area contributed by atoms with Crippen LogP contribution in [0.4, 0.5) is 14.7 Å². The van der Waals surface area contributed by atoms with Gasteiger partial charge in [0, 0.05) is 17.3 Å². The van der Waals surface area contributed by atoms with Crippen LogP contribution in [0.15, 0.2) is 22.6 Å².